The molecule has 2 saturated heterocycles. The molecule has 0 bridgehead atoms. The first kappa shape index (κ1) is 30.1. The van der Waals surface area contributed by atoms with Crippen LogP contribution in [0.3, 0.4) is 0 Å². The zero-order valence-electron chi connectivity index (χ0n) is 22.8. The number of unbranched alkanes of at least 4 members (excludes halogenated alkanes) is 2. The van der Waals surface area contributed by atoms with Crippen LogP contribution < -0.4 is 21.4 Å². The van der Waals surface area contributed by atoms with Crippen molar-refractivity contribution in [3.05, 3.63) is 35.9 Å². The second-order valence-corrected chi connectivity index (χ2v) is 10.8. The van der Waals surface area contributed by atoms with Crippen LogP contribution in [0.15, 0.2) is 30.3 Å². The van der Waals surface area contributed by atoms with Gasteiger partial charge in [0.1, 0.15) is 24.2 Å². The number of fused-ring (bicyclic) bond motifs is 1. The molecule has 11 heteroatoms. The van der Waals surface area contributed by atoms with Crippen LogP contribution in [0.25, 0.3) is 0 Å². The number of hydrogen-bond donors (Lipinski definition) is 5. The largest absolute Gasteiger partial charge is 0.343 e. The van der Waals surface area contributed by atoms with Gasteiger partial charge in [-0.25, -0.2) is 5.48 Å². The Morgan fingerprint density at radius 2 is 1.62 bits per heavy atom. The predicted molar refractivity (Wildman–Crippen MR) is 143 cm³/mol. The van der Waals surface area contributed by atoms with Crippen LogP contribution in [-0.4, -0.2) is 70.4 Å². The van der Waals surface area contributed by atoms with E-state index in [2.05, 4.69) is 16.0 Å². The maximum atomic E-state index is 13.6. The first-order valence-electron chi connectivity index (χ1n) is 13.9. The number of nitrogens with one attached hydrogen (secondary N) is 4. The van der Waals surface area contributed by atoms with Crippen LogP contribution in [0.1, 0.15) is 70.8 Å². The van der Waals surface area contributed by atoms with Crippen LogP contribution in [0, 0.1) is 5.92 Å². The van der Waals surface area contributed by atoms with E-state index in [0.29, 0.717) is 51.5 Å². The lowest BCUT2D eigenvalue weighted by molar-refractivity contribution is -0.143. The zero-order chi connectivity index (χ0) is 28.4. The number of amides is 5. The van der Waals surface area contributed by atoms with Crippen LogP contribution in [-0.2, 0) is 30.4 Å². The molecule has 4 atom stereocenters. The Labute approximate surface area is 229 Å². The molecule has 39 heavy (non-hydrogen) atoms. The molecule has 2 fully saturated rings. The summed E-state index contributed by atoms with van der Waals surface area (Å²) in [5.41, 5.74) is 2.44. The summed E-state index contributed by atoms with van der Waals surface area (Å²) in [5.74, 6) is -1.93. The van der Waals surface area contributed by atoms with Crippen molar-refractivity contribution in [1.82, 2.24) is 26.3 Å². The number of carbonyl (C=O) groups is 5. The molecule has 0 unspecified atom stereocenters. The Hall–Kier alpha value is -3.47. The molecule has 2 aliphatic heterocycles. The molecular formula is C28H41N5O6. The highest BCUT2D eigenvalue weighted by molar-refractivity contribution is 5.97. The Balaban J connectivity index is 1.85. The Bertz CT molecular complexity index is 1020. The van der Waals surface area contributed by atoms with E-state index >= 15 is 0 Å². The second-order valence-electron chi connectivity index (χ2n) is 10.8. The fourth-order valence-electron chi connectivity index (χ4n) is 5.20. The lowest BCUT2D eigenvalue weighted by Gasteiger charge is -2.33. The fraction of sp³-hybridized carbons (Fsp3) is 0.607. The summed E-state index contributed by atoms with van der Waals surface area (Å²) < 4.78 is 0. The van der Waals surface area contributed by atoms with E-state index in [1.165, 1.54) is 0 Å². The molecule has 5 N–H and O–H groups in total. The molecule has 0 radical (unpaired) electrons. The van der Waals surface area contributed by atoms with Gasteiger partial charge in [0, 0.05) is 19.4 Å². The van der Waals surface area contributed by atoms with Gasteiger partial charge in [-0.3, -0.25) is 29.2 Å². The molecule has 3 rings (SSSR count). The first-order valence-corrected chi connectivity index (χ1v) is 13.9. The van der Waals surface area contributed by atoms with E-state index in [9.17, 15) is 24.0 Å². The third-order valence-corrected chi connectivity index (χ3v) is 7.23. The molecule has 5 amide bonds. The third-order valence-electron chi connectivity index (χ3n) is 7.23. The van der Waals surface area contributed by atoms with Gasteiger partial charge in [0.2, 0.25) is 29.5 Å². The Morgan fingerprint density at radius 3 is 2.31 bits per heavy atom. The normalized spacial score (nSPS) is 24.3. The third kappa shape index (κ3) is 8.77. The molecule has 214 valence electrons. The van der Waals surface area contributed by atoms with Gasteiger partial charge in [-0.15, -0.1) is 0 Å². The van der Waals surface area contributed by atoms with Crippen LogP contribution in [0.2, 0.25) is 0 Å². The summed E-state index contributed by atoms with van der Waals surface area (Å²) in [7, 11) is 0. The summed E-state index contributed by atoms with van der Waals surface area (Å²) in [5, 5.41) is 17.2. The van der Waals surface area contributed by atoms with E-state index < -0.39 is 41.9 Å². The van der Waals surface area contributed by atoms with Gasteiger partial charge in [0.15, 0.2) is 0 Å². The topological polar surface area (TPSA) is 157 Å². The minimum atomic E-state index is -0.941. The van der Waals surface area contributed by atoms with Crippen molar-refractivity contribution >= 4 is 29.5 Å². The predicted octanol–water partition coefficient (Wildman–Crippen LogP) is 1.19. The lowest BCUT2D eigenvalue weighted by Crippen LogP contribution is -2.61. The second kappa shape index (κ2) is 14.6. The van der Waals surface area contributed by atoms with Crippen molar-refractivity contribution in [3.63, 3.8) is 0 Å². The van der Waals surface area contributed by atoms with Gasteiger partial charge in [0.25, 0.3) is 0 Å². The highest BCUT2D eigenvalue weighted by Gasteiger charge is 2.40. The van der Waals surface area contributed by atoms with Gasteiger partial charge in [-0.05, 0) is 43.6 Å². The van der Waals surface area contributed by atoms with E-state index in [4.69, 9.17) is 5.21 Å². The molecule has 0 aromatic heterocycles. The van der Waals surface area contributed by atoms with E-state index in [1.54, 1.807) is 10.4 Å². The van der Waals surface area contributed by atoms with Crippen molar-refractivity contribution in [2.75, 3.05) is 6.54 Å². The monoisotopic (exact) mass is 543 g/mol. The number of nitrogens with zero attached hydrogens (tertiary/aromatic N) is 1. The van der Waals surface area contributed by atoms with Gasteiger partial charge >= 0.3 is 0 Å². The van der Waals surface area contributed by atoms with Gasteiger partial charge in [0.05, 0.1) is 0 Å². The molecule has 2 aliphatic rings. The number of benzene rings is 1. The molecule has 0 spiro atoms. The number of carbonyl (C=O) groups excluding carboxylic acids is 5. The maximum Gasteiger partial charge on any atom is 0.245 e. The van der Waals surface area contributed by atoms with Gasteiger partial charge in [-0.2, -0.15) is 0 Å². The standard InChI is InChI=1S/C28H41N5O6/c1-18(2)16-22-28(38)33-15-9-13-23(33)27(37)29-20(12-7-4-8-14-24(34)32-39)25(35)30-21(26(36)31-22)17-19-10-5-3-6-11-19/h3,5-6,10-11,18,20-23,39H,4,7-9,12-17H2,1-2H3,(H,29,37)(H,30,35)(H,31,36)(H,32,34)/t20-,21+,22-,23+/m0/s1. The summed E-state index contributed by atoms with van der Waals surface area (Å²) in [4.78, 5) is 66.7. The maximum absolute atomic E-state index is 13.6. The molecule has 0 saturated carbocycles. The molecule has 11 nitrogen and oxygen atoms in total. The highest BCUT2D eigenvalue weighted by atomic mass is 16.5. The fourth-order valence-corrected chi connectivity index (χ4v) is 5.20. The van der Waals surface area contributed by atoms with Crippen molar-refractivity contribution in [2.24, 2.45) is 5.92 Å². The lowest BCUT2D eigenvalue weighted by atomic mass is 9.99. The number of hydroxylamine groups is 1. The van der Waals surface area contributed by atoms with E-state index in [1.807, 2.05) is 44.2 Å². The number of rotatable bonds is 10. The van der Waals surface area contributed by atoms with Crippen molar-refractivity contribution in [3.8, 4) is 0 Å². The van der Waals surface area contributed by atoms with Crippen molar-refractivity contribution in [2.45, 2.75) is 95.8 Å². The molecule has 2 heterocycles. The SMILES string of the molecule is CC(C)C[C@@H]1NC(=O)[C@@H](Cc2ccccc2)NC(=O)[C@H](CCCCCC(=O)NO)NC(=O)[C@H]2CCCN2C1=O. The summed E-state index contributed by atoms with van der Waals surface area (Å²) in [6.45, 7) is 4.35. The minimum absolute atomic E-state index is 0.122. The molecule has 1 aromatic carbocycles. The molecule has 0 aliphatic carbocycles. The average Bonchev–Trinajstić information content (AvgIpc) is 3.40. The zero-order valence-corrected chi connectivity index (χ0v) is 22.8. The first-order chi connectivity index (χ1) is 18.7. The number of hydrogen-bond acceptors (Lipinski definition) is 6. The van der Waals surface area contributed by atoms with Crippen LogP contribution in [0.4, 0.5) is 0 Å². The molecule has 1 aromatic rings. The highest BCUT2D eigenvalue weighted by Crippen LogP contribution is 2.22. The molecular weight excluding hydrogens is 502 g/mol. The quantitative estimate of drug-likeness (QED) is 0.170. The van der Waals surface area contributed by atoms with Crippen LogP contribution >= 0.6 is 0 Å². The smallest absolute Gasteiger partial charge is 0.245 e. The average molecular weight is 544 g/mol. The summed E-state index contributed by atoms with van der Waals surface area (Å²) >= 11 is 0. The van der Waals surface area contributed by atoms with Gasteiger partial charge in [-0.1, -0.05) is 57.0 Å². The summed E-state index contributed by atoms with van der Waals surface area (Å²) in [6, 6.07) is 5.95. The van der Waals surface area contributed by atoms with Crippen molar-refractivity contribution < 1.29 is 29.2 Å². The Kier molecular flexibility index (Phi) is 11.3. The Morgan fingerprint density at radius 1 is 0.949 bits per heavy atom. The van der Waals surface area contributed by atoms with Gasteiger partial charge < -0.3 is 20.9 Å². The summed E-state index contributed by atoms with van der Waals surface area (Å²) in [6.07, 6.45) is 3.89. The van der Waals surface area contributed by atoms with E-state index in [-0.39, 0.29) is 30.6 Å². The van der Waals surface area contributed by atoms with Crippen molar-refractivity contribution in [1.29, 1.82) is 0 Å². The van der Waals surface area contributed by atoms with Crippen LogP contribution in [0.5, 0.6) is 0 Å². The minimum Gasteiger partial charge on any atom is -0.343 e. The van der Waals surface area contributed by atoms with E-state index in [0.717, 1.165) is 5.56 Å².